The van der Waals surface area contributed by atoms with E-state index < -0.39 is 0 Å². The van der Waals surface area contributed by atoms with E-state index in [0.717, 1.165) is 24.4 Å². The maximum Gasteiger partial charge on any atom is 0.0443 e. The first-order valence-corrected chi connectivity index (χ1v) is 6.28. The molecule has 0 saturated heterocycles. The second-order valence-electron chi connectivity index (χ2n) is 4.57. The van der Waals surface area contributed by atoms with Crippen molar-refractivity contribution in [3.63, 3.8) is 0 Å². The first kappa shape index (κ1) is 14.5. The van der Waals surface area contributed by atoms with Crippen LogP contribution >= 0.6 is 11.6 Å². The summed E-state index contributed by atoms with van der Waals surface area (Å²) in [5, 5.41) is 12.9. The van der Waals surface area contributed by atoms with Crippen molar-refractivity contribution in [2.24, 2.45) is 5.73 Å². The number of aliphatic hydroxyl groups excluding tert-OH is 1. The molecule has 0 bridgehead atoms. The molecule has 0 aromatic heterocycles. The zero-order chi connectivity index (χ0) is 12.7. The van der Waals surface area contributed by atoms with Crippen LogP contribution in [-0.4, -0.2) is 30.3 Å². The number of benzene rings is 1. The number of rotatable bonds is 7. The van der Waals surface area contributed by atoms with E-state index in [1.54, 1.807) is 0 Å². The van der Waals surface area contributed by atoms with Gasteiger partial charge in [-0.05, 0) is 44.0 Å². The first-order chi connectivity index (χ1) is 8.09. The summed E-state index contributed by atoms with van der Waals surface area (Å²) >= 11 is 5.85. The molecule has 1 rings (SSSR count). The zero-order valence-electron chi connectivity index (χ0n) is 10.2. The average molecular weight is 257 g/mol. The summed E-state index contributed by atoms with van der Waals surface area (Å²) < 4.78 is 0. The minimum atomic E-state index is -0.136. The molecule has 1 aromatic carbocycles. The molecule has 0 spiro atoms. The summed E-state index contributed by atoms with van der Waals surface area (Å²) in [6.07, 6.45) is 1.60. The molecule has 1 unspecified atom stereocenters. The smallest absolute Gasteiger partial charge is 0.0443 e. The predicted octanol–water partition coefficient (Wildman–Crippen LogP) is 1.57. The van der Waals surface area contributed by atoms with Crippen molar-refractivity contribution in [3.8, 4) is 0 Å². The molecule has 4 N–H and O–H groups in total. The molecule has 1 atom stereocenters. The van der Waals surface area contributed by atoms with Gasteiger partial charge in [0.25, 0.3) is 0 Å². The van der Waals surface area contributed by atoms with Gasteiger partial charge in [-0.15, -0.1) is 0 Å². The molecule has 0 aliphatic rings. The Morgan fingerprint density at radius 3 is 2.53 bits per heavy atom. The highest BCUT2D eigenvalue weighted by Crippen LogP contribution is 2.15. The van der Waals surface area contributed by atoms with Gasteiger partial charge in [0, 0.05) is 23.7 Å². The van der Waals surface area contributed by atoms with Gasteiger partial charge in [0.15, 0.2) is 0 Å². The van der Waals surface area contributed by atoms with Crippen molar-refractivity contribution in [2.75, 3.05) is 19.7 Å². The van der Waals surface area contributed by atoms with E-state index in [1.807, 2.05) is 24.3 Å². The maximum absolute atomic E-state index is 8.77. The molecular formula is C13H21ClN2O. The molecule has 0 heterocycles. The summed E-state index contributed by atoms with van der Waals surface area (Å²) in [5.41, 5.74) is 6.89. The van der Waals surface area contributed by atoms with Crippen molar-refractivity contribution < 1.29 is 5.11 Å². The lowest BCUT2D eigenvalue weighted by Gasteiger charge is -2.29. The molecule has 0 radical (unpaired) electrons. The normalized spacial score (nSPS) is 14.6. The van der Waals surface area contributed by atoms with Crippen molar-refractivity contribution in [3.05, 3.63) is 34.9 Å². The third kappa shape index (κ3) is 5.04. The Morgan fingerprint density at radius 2 is 2.00 bits per heavy atom. The highest BCUT2D eigenvalue weighted by molar-refractivity contribution is 6.30. The quantitative estimate of drug-likeness (QED) is 0.649. The van der Waals surface area contributed by atoms with Crippen LogP contribution in [0.3, 0.4) is 0 Å². The fourth-order valence-corrected chi connectivity index (χ4v) is 1.85. The van der Waals surface area contributed by atoms with Gasteiger partial charge in [0.1, 0.15) is 0 Å². The molecule has 96 valence electrons. The molecule has 0 saturated carbocycles. The second-order valence-corrected chi connectivity index (χ2v) is 5.01. The van der Waals surface area contributed by atoms with E-state index in [0.29, 0.717) is 6.54 Å². The molecule has 3 nitrogen and oxygen atoms in total. The van der Waals surface area contributed by atoms with Gasteiger partial charge in [-0.2, -0.15) is 0 Å². The van der Waals surface area contributed by atoms with Gasteiger partial charge in [0.05, 0.1) is 0 Å². The van der Waals surface area contributed by atoms with Crippen LogP contribution in [0.1, 0.15) is 18.9 Å². The minimum Gasteiger partial charge on any atom is -0.396 e. The Morgan fingerprint density at radius 1 is 1.35 bits per heavy atom. The Bertz CT molecular complexity index is 329. The van der Waals surface area contributed by atoms with Crippen molar-refractivity contribution in [1.29, 1.82) is 0 Å². The van der Waals surface area contributed by atoms with Crippen LogP contribution in [0.5, 0.6) is 0 Å². The second kappa shape index (κ2) is 6.97. The molecule has 0 aliphatic heterocycles. The van der Waals surface area contributed by atoms with Gasteiger partial charge < -0.3 is 16.2 Å². The molecule has 0 amide bonds. The third-order valence-corrected chi connectivity index (χ3v) is 3.10. The van der Waals surface area contributed by atoms with Crippen LogP contribution in [0.2, 0.25) is 5.02 Å². The zero-order valence-corrected chi connectivity index (χ0v) is 11.0. The van der Waals surface area contributed by atoms with Gasteiger partial charge >= 0.3 is 0 Å². The van der Waals surface area contributed by atoms with Crippen LogP contribution in [0, 0.1) is 0 Å². The highest BCUT2D eigenvalue weighted by atomic mass is 35.5. The molecule has 0 aliphatic carbocycles. The Hall–Kier alpha value is -0.610. The summed E-state index contributed by atoms with van der Waals surface area (Å²) in [7, 11) is 0. The fourth-order valence-electron chi connectivity index (χ4n) is 1.73. The first-order valence-electron chi connectivity index (χ1n) is 5.90. The van der Waals surface area contributed by atoms with E-state index >= 15 is 0 Å². The third-order valence-electron chi connectivity index (χ3n) is 2.84. The van der Waals surface area contributed by atoms with E-state index in [1.165, 1.54) is 5.56 Å². The molecular weight excluding hydrogens is 236 g/mol. The van der Waals surface area contributed by atoms with Gasteiger partial charge in [-0.25, -0.2) is 0 Å². The predicted molar refractivity (Wildman–Crippen MR) is 72.3 cm³/mol. The Balaban J connectivity index is 2.58. The number of hydrogen-bond donors (Lipinski definition) is 3. The van der Waals surface area contributed by atoms with Crippen molar-refractivity contribution in [2.45, 2.75) is 25.3 Å². The van der Waals surface area contributed by atoms with Crippen LogP contribution in [-0.2, 0) is 6.42 Å². The minimum absolute atomic E-state index is 0.136. The van der Waals surface area contributed by atoms with Crippen LogP contribution in [0.25, 0.3) is 0 Å². The van der Waals surface area contributed by atoms with Crippen LogP contribution < -0.4 is 11.1 Å². The maximum atomic E-state index is 8.77. The number of aliphatic hydroxyl groups is 1. The van der Waals surface area contributed by atoms with E-state index in [-0.39, 0.29) is 12.1 Å². The summed E-state index contributed by atoms with van der Waals surface area (Å²) in [4.78, 5) is 0. The summed E-state index contributed by atoms with van der Waals surface area (Å²) in [5.74, 6) is 0. The van der Waals surface area contributed by atoms with Gasteiger partial charge in [-0.1, -0.05) is 23.7 Å². The number of nitrogens with two attached hydrogens (primary N) is 1. The van der Waals surface area contributed by atoms with Crippen LogP contribution in [0.15, 0.2) is 24.3 Å². The Kier molecular flexibility index (Phi) is 5.92. The van der Waals surface area contributed by atoms with Crippen molar-refractivity contribution >= 4 is 11.6 Å². The lowest BCUT2D eigenvalue weighted by molar-refractivity contribution is 0.271. The van der Waals surface area contributed by atoms with Crippen LogP contribution in [0.4, 0.5) is 0 Å². The van der Waals surface area contributed by atoms with Crippen molar-refractivity contribution in [1.82, 2.24) is 5.32 Å². The average Bonchev–Trinajstić information content (AvgIpc) is 2.33. The Labute approximate surface area is 108 Å². The molecule has 0 fully saturated rings. The van der Waals surface area contributed by atoms with E-state index in [2.05, 4.69) is 12.2 Å². The summed E-state index contributed by atoms with van der Waals surface area (Å²) in [6, 6.07) is 7.82. The molecule has 17 heavy (non-hydrogen) atoms. The molecule has 1 aromatic rings. The standard InChI is InChI=1S/C13H21ClN2O/c1-13(10-15,16-7-2-8-17)9-11-3-5-12(14)6-4-11/h3-6,16-17H,2,7-10,15H2,1H3. The number of nitrogens with one attached hydrogen (secondary N) is 1. The highest BCUT2D eigenvalue weighted by Gasteiger charge is 2.21. The van der Waals surface area contributed by atoms with Gasteiger partial charge in [0.2, 0.25) is 0 Å². The SMILES string of the molecule is CC(CN)(Cc1ccc(Cl)cc1)NCCCO. The monoisotopic (exact) mass is 256 g/mol. The lowest BCUT2D eigenvalue weighted by Crippen LogP contribution is -2.50. The molecule has 4 heteroatoms. The van der Waals surface area contributed by atoms with E-state index in [4.69, 9.17) is 22.4 Å². The number of hydrogen-bond acceptors (Lipinski definition) is 3. The fraction of sp³-hybridized carbons (Fsp3) is 0.538. The number of halogens is 1. The largest absolute Gasteiger partial charge is 0.396 e. The topological polar surface area (TPSA) is 58.3 Å². The summed E-state index contributed by atoms with van der Waals surface area (Å²) in [6.45, 7) is 3.63. The lowest BCUT2D eigenvalue weighted by atomic mass is 9.93. The van der Waals surface area contributed by atoms with Gasteiger partial charge in [-0.3, -0.25) is 0 Å². The van der Waals surface area contributed by atoms with E-state index in [9.17, 15) is 0 Å².